The Morgan fingerprint density at radius 2 is 1.79 bits per heavy atom. The lowest BCUT2D eigenvalue weighted by Gasteiger charge is -2.21. The molecule has 0 aliphatic carbocycles. The van der Waals surface area contributed by atoms with Gasteiger partial charge in [-0.2, -0.15) is 0 Å². The van der Waals surface area contributed by atoms with Crippen LogP contribution in [0.3, 0.4) is 0 Å². The molecule has 176 valence electrons. The van der Waals surface area contributed by atoms with Gasteiger partial charge in [0.1, 0.15) is 5.75 Å². The normalized spacial score (nSPS) is 15.2. The molecular weight excluding hydrogens is 446 g/mol. The maximum atomic E-state index is 13.4. The van der Waals surface area contributed by atoms with Gasteiger partial charge in [0.25, 0.3) is 5.91 Å². The van der Waals surface area contributed by atoms with Gasteiger partial charge < -0.3 is 20.3 Å². The first-order valence-corrected chi connectivity index (χ1v) is 11.8. The van der Waals surface area contributed by atoms with E-state index in [0.717, 1.165) is 23.4 Å². The lowest BCUT2D eigenvalue weighted by molar-refractivity contribution is 0.0790. The van der Waals surface area contributed by atoms with Gasteiger partial charge in [-0.05, 0) is 80.8 Å². The van der Waals surface area contributed by atoms with Crippen molar-refractivity contribution in [2.75, 3.05) is 18.4 Å². The van der Waals surface area contributed by atoms with Crippen LogP contribution in [0.5, 0.6) is 5.75 Å². The van der Waals surface area contributed by atoms with Crippen molar-refractivity contribution in [1.29, 1.82) is 0 Å². The molecule has 1 amide bonds. The Morgan fingerprint density at radius 3 is 2.62 bits per heavy atom. The number of nitrogens with zero attached hydrogens (tertiary/aromatic N) is 1. The summed E-state index contributed by atoms with van der Waals surface area (Å²) >= 11 is 6.08. The van der Waals surface area contributed by atoms with E-state index < -0.39 is 0 Å². The highest BCUT2D eigenvalue weighted by molar-refractivity contribution is 6.30. The number of rotatable bonds is 7. The molecule has 4 rings (SSSR count). The predicted molar refractivity (Wildman–Crippen MR) is 139 cm³/mol. The summed E-state index contributed by atoms with van der Waals surface area (Å²) < 4.78 is 5.87. The summed E-state index contributed by atoms with van der Waals surface area (Å²) in [4.78, 5) is 15.3. The van der Waals surface area contributed by atoms with E-state index in [1.54, 1.807) is 6.07 Å². The number of hydrogen-bond acceptors (Lipinski definition) is 4. The van der Waals surface area contributed by atoms with Gasteiger partial charge >= 0.3 is 0 Å². The molecule has 1 unspecified atom stereocenters. The molecule has 0 bridgehead atoms. The highest BCUT2D eigenvalue weighted by Crippen LogP contribution is 2.27. The van der Waals surface area contributed by atoms with E-state index in [9.17, 15) is 4.79 Å². The number of nitrogens with one attached hydrogen (secondary N) is 2. The number of halogens is 1. The van der Waals surface area contributed by atoms with Gasteiger partial charge in [-0.1, -0.05) is 41.9 Å². The van der Waals surface area contributed by atoms with Crippen LogP contribution in [0.1, 0.15) is 33.5 Å². The number of para-hydroxylation sites is 1. The third-order valence-electron chi connectivity index (χ3n) is 6.26. The smallest absolute Gasteiger partial charge is 0.256 e. The van der Waals surface area contributed by atoms with E-state index in [1.165, 1.54) is 11.1 Å². The Morgan fingerprint density at radius 1 is 1.03 bits per heavy atom. The molecule has 6 heteroatoms. The van der Waals surface area contributed by atoms with Crippen LogP contribution in [0.15, 0.2) is 73.1 Å². The molecule has 2 N–H and O–H groups in total. The minimum atomic E-state index is 0.00919. The number of ether oxygens (including phenoxy) is 1. The third kappa shape index (κ3) is 5.37. The van der Waals surface area contributed by atoms with E-state index in [-0.39, 0.29) is 11.9 Å². The van der Waals surface area contributed by atoms with Gasteiger partial charge in [0.15, 0.2) is 5.88 Å². The zero-order chi connectivity index (χ0) is 24.2. The summed E-state index contributed by atoms with van der Waals surface area (Å²) in [7, 11) is 0. The van der Waals surface area contributed by atoms with Gasteiger partial charge in [-0.3, -0.25) is 4.79 Å². The van der Waals surface area contributed by atoms with E-state index in [0.29, 0.717) is 35.3 Å². The molecule has 1 heterocycles. The fraction of sp³-hybridized carbons (Fsp3) is 0.250. The number of hydrogen-bond donors (Lipinski definition) is 2. The zero-order valence-electron chi connectivity index (χ0n) is 19.8. The highest BCUT2D eigenvalue weighted by Gasteiger charge is 2.28. The SMILES string of the molecule is C=C(NC1CCN(C(=O)c2ccccc2Nc2cccc(C)c2C)C1)Oc1cc(Cl)ccc1C. The van der Waals surface area contributed by atoms with Crippen molar-refractivity contribution >= 4 is 28.9 Å². The minimum absolute atomic E-state index is 0.00919. The Labute approximate surface area is 206 Å². The molecule has 5 nitrogen and oxygen atoms in total. The van der Waals surface area contributed by atoms with E-state index in [4.69, 9.17) is 16.3 Å². The molecule has 1 saturated heterocycles. The molecule has 0 aromatic heterocycles. The second-order valence-corrected chi connectivity index (χ2v) is 9.17. The minimum Gasteiger partial charge on any atom is -0.442 e. The summed E-state index contributed by atoms with van der Waals surface area (Å²) in [6.07, 6.45) is 0.815. The highest BCUT2D eigenvalue weighted by atomic mass is 35.5. The van der Waals surface area contributed by atoms with Crippen LogP contribution >= 0.6 is 11.6 Å². The molecule has 3 aromatic rings. The first-order chi connectivity index (χ1) is 16.3. The molecule has 1 atom stereocenters. The third-order valence-corrected chi connectivity index (χ3v) is 6.49. The standard InChI is InChI=1S/C28H30ClN3O2/c1-18-8-7-11-25(20(18)3)31-26-10-6-5-9-24(26)28(33)32-15-14-23(17-32)30-21(4)34-27-16-22(29)13-12-19(27)2/h5-13,16,23,30-31H,4,14-15,17H2,1-3H3. The van der Waals surface area contributed by atoms with Gasteiger partial charge in [0.05, 0.1) is 11.3 Å². The van der Waals surface area contributed by atoms with Crippen LogP contribution in [0, 0.1) is 20.8 Å². The summed E-state index contributed by atoms with van der Waals surface area (Å²) in [5, 5.41) is 7.38. The second-order valence-electron chi connectivity index (χ2n) is 8.73. The van der Waals surface area contributed by atoms with Crippen molar-refractivity contribution in [1.82, 2.24) is 10.2 Å². The molecule has 3 aromatic carbocycles. The topological polar surface area (TPSA) is 53.6 Å². The molecule has 1 fully saturated rings. The number of amides is 1. The van der Waals surface area contributed by atoms with Crippen molar-refractivity contribution in [3.8, 4) is 5.75 Å². The maximum absolute atomic E-state index is 13.4. The number of carbonyl (C=O) groups is 1. The van der Waals surface area contributed by atoms with Crippen LogP contribution in [0.2, 0.25) is 5.02 Å². The quantitative estimate of drug-likeness (QED) is 0.390. The number of carbonyl (C=O) groups excluding carboxylic acids is 1. The first kappa shape index (κ1) is 23.7. The fourth-order valence-electron chi connectivity index (χ4n) is 4.12. The van der Waals surface area contributed by atoms with Crippen LogP contribution in [-0.4, -0.2) is 29.9 Å². The Kier molecular flexibility index (Phi) is 7.13. The summed E-state index contributed by atoms with van der Waals surface area (Å²) in [6, 6.07) is 19.4. The van der Waals surface area contributed by atoms with Crippen LogP contribution in [0.25, 0.3) is 0 Å². The first-order valence-electron chi connectivity index (χ1n) is 11.4. The van der Waals surface area contributed by atoms with Gasteiger partial charge in [-0.15, -0.1) is 0 Å². The second kappa shape index (κ2) is 10.2. The Bertz CT molecular complexity index is 1220. The number of anilines is 2. The number of aryl methyl sites for hydroxylation is 2. The largest absolute Gasteiger partial charge is 0.442 e. The van der Waals surface area contributed by atoms with Crippen molar-refractivity contribution in [2.24, 2.45) is 0 Å². The van der Waals surface area contributed by atoms with Crippen molar-refractivity contribution in [3.05, 3.63) is 100 Å². The Balaban J connectivity index is 1.41. The van der Waals surface area contributed by atoms with Crippen molar-refractivity contribution in [3.63, 3.8) is 0 Å². The summed E-state index contributed by atoms with van der Waals surface area (Å²) in [5.74, 6) is 1.12. The monoisotopic (exact) mass is 475 g/mol. The van der Waals surface area contributed by atoms with Gasteiger partial charge in [0, 0.05) is 29.8 Å². The number of benzene rings is 3. The molecular formula is C28H30ClN3O2. The molecule has 0 spiro atoms. The molecule has 34 heavy (non-hydrogen) atoms. The van der Waals surface area contributed by atoms with Crippen LogP contribution < -0.4 is 15.4 Å². The molecule has 1 aliphatic heterocycles. The van der Waals surface area contributed by atoms with Crippen molar-refractivity contribution in [2.45, 2.75) is 33.2 Å². The van der Waals surface area contributed by atoms with Crippen LogP contribution in [0.4, 0.5) is 11.4 Å². The summed E-state index contributed by atoms with van der Waals surface area (Å²) in [6.45, 7) is 11.4. The van der Waals surface area contributed by atoms with E-state index in [1.807, 2.05) is 60.4 Å². The molecule has 0 saturated carbocycles. The number of likely N-dealkylation sites (tertiary alicyclic amines) is 1. The Hall–Kier alpha value is -3.44. The molecule has 0 radical (unpaired) electrons. The average Bonchev–Trinajstić information content (AvgIpc) is 3.27. The maximum Gasteiger partial charge on any atom is 0.256 e. The lowest BCUT2D eigenvalue weighted by atomic mass is 10.1. The zero-order valence-corrected chi connectivity index (χ0v) is 20.6. The van der Waals surface area contributed by atoms with Gasteiger partial charge in [-0.25, -0.2) is 0 Å². The lowest BCUT2D eigenvalue weighted by Crippen LogP contribution is -2.35. The van der Waals surface area contributed by atoms with Gasteiger partial charge in [0.2, 0.25) is 0 Å². The fourth-order valence-corrected chi connectivity index (χ4v) is 4.28. The van der Waals surface area contributed by atoms with Crippen molar-refractivity contribution < 1.29 is 9.53 Å². The predicted octanol–water partition coefficient (Wildman–Crippen LogP) is 6.36. The molecule has 1 aliphatic rings. The van der Waals surface area contributed by atoms with Crippen LogP contribution in [-0.2, 0) is 0 Å². The van der Waals surface area contributed by atoms with E-state index in [2.05, 4.69) is 37.1 Å². The summed E-state index contributed by atoms with van der Waals surface area (Å²) in [5.41, 5.74) is 5.83. The van der Waals surface area contributed by atoms with E-state index >= 15 is 0 Å². The average molecular weight is 476 g/mol.